The Labute approximate surface area is 133 Å². The lowest BCUT2D eigenvalue weighted by Crippen LogP contribution is -2.31. The molecule has 0 bridgehead atoms. The number of thioether (sulfide) groups is 1. The summed E-state index contributed by atoms with van der Waals surface area (Å²) in [6, 6.07) is 9.23. The normalized spacial score (nSPS) is 22.0. The van der Waals surface area contributed by atoms with Gasteiger partial charge in [-0.25, -0.2) is 0 Å². The summed E-state index contributed by atoms with van der Waals surface area (Å²) in [6.07, 6.45) is 11.1. The van der Waals surface area contributed by atoms with Crippen LogP contribution in [0, 0.1) is 0 Å². The molecule has 3 heteroatoms. The summed E-state index contributed by atoms with van der Waals surface area (Å²) < 4.78 is 0. The largest absolute Gasteiger partial charge is 0.271 e. The molecule has 1 atom stereocenters. The molecule has 2 aliphatic carbocycles. The van der Waals surface area contributed by atoms with E-state index in [0.29, 0.717) is 6.04 Å². The van der Waals surface area contributed by atoms with Crippen molar-refractivity contribution in [3.8, 4) is 0 Å². The van der Waals surface area contributed by atoms with Gasteiger partial charge in [0.15, 0.2) is 0 Å². The Morgan fingerprint density at radius 3 is 2.48 bits per heavy atom. The van der Waals surface area contributed by atoms with Crippen molar-refractivity contribution >= 4 is 11.8 Å². The molecule has 1 aromatic carbocycles. The van der Waals surface area contributed by atoms with Crippen LogP contribution < -0.4 is 11.3 Å². The van der Waals surface area contributed by atoms with E-state index in [1.165, 1.54) is 62.5 Å². The van der Waals surface area contributed by atoms with E-state index >= 15 is 0 Å². The average Bonchev–Trinajstić information content (AvgIpc) is 2.49. The number of hydrogen-bond donors (Lipinski definition) is 2. The SMILES string of the molecule is NNC(CSC1CCCCC1)c1ccccc1C1CCC1. The van der Waals surface area contributed by atoms with Crippen LogP contribution in [0.25, 0.3) is 0 Å². The van der Waals surface area contributed by atoms with E-state index in [4.69, 9.17) is 5.84 Å². The van der Waals surface area contributed by atoms with Gasteiger partial charge in [0.05, 0.1) is 6.04 Å². The summed E-state index contributed by atoms with van der Waals surface area (Å²) in [4.78, 5) is 0. The van der Waals surface area contributed by atoms with Gasteiger partial charge in [-0.3, -0.25) is 11.3 Å². The first-order chi connectivity index (χ1) is 10.4. The lowest BCUT2D eigenvalue weighted by Gasteiger charge is -2.31. The third-order valence-corrected chi connectivity index (χ3v) is 6.64. The van der Waals surface area contributed by atoms with Gasteiger partial charge in [0.2, 0.25) is 0 Å². The first kappa shape index (κ1) is 15.4. The molecule has 2 nitrogen and oxygen atoms in total. The van der Waals surface area contributed by atoms with Gasteiger partial charge >= 0.3 is 0 Å². The Morgan fingerprint density at radius 2 is 1.81 bits per heavy atom. The van der Waals surface area contributed by atoms with Crippen molar-refractivity contribution in [3.05, 3.63) is 35.4 Å². The Balaban J connectivity index is 1.64. The zero-order chi connectivity index (χ0) is 14.5. The number of hydrogen-bond acceptors (Lipinski definition) is 3. The monoisotopic (exact) mass is 304 g/mol. The maximum Gasteiger partial charge on any atom is 0.0553 e. The predicted octanol–water partition coefficient (Wildman–Crippen LogP) is 4.52. The summed E-state index contributed by atoms with van der Waals surface area (Å²) >= 11 is 2.13. The van der Waals surface area contributed by atoms with Crippen LogP contribution in [0.4, 0.5) is 0 Å². The number of nitrogens with one attached hydrogen (secondary N) is 1. The van der Waals surface area contributed by atoms with Crippen molar-refractivity contribution in [1.29, 1.82) is 0 Å². The van der Waals surface area contributed by atoms with Crippen LogP contribution in [0.2, 0.25) is 0 Å². The molecule has 2 saturated carbocycles. The van der Waals surface area contributed by atoms with Crippen molar-refractivity contribution in [1.82, 2.24) is 5.43 Å². The second-order valence-corrected chi connectivity index (χ2v) is 7.90. The quantitative estimate of drug-likeness (QED) is 0.599. The van der Waals surface area contributed by atoms with Gasteiger partial charge in [-0.2, -0.15) is 11.8 Å². The van der Waals surface area contributed by atoms with E-state index in [9.17, 15) is 0 Å². The highest BCUT2D eigenvalue weighted by molar-refractivity contribution is 7.99. The molecule has 116 valence electrons. The van der Waals surface area contributed by atoms with E-state index < -0.39 is 0 Å². The average molecular weight is 305 g/mol. The van der Waals surface area contributed by atoms with Crippen LogP contribution in [0.15, 0.2) is 24.3 Å². The van der Waals surface area contributed by atoms with Crippen molar-refractivity contribution in [3.63, 3.8) is 0 Å². The van der Waals surface area contributed by atoms with Gasteiger partial charge in [0.25, 0.3) is 0 Å². The molecule has 3 N–H and O–H groups in total. The minimum Gasteiger partial charge on any atom is -0.271 e. The molecule has 0 aliphatic heterocycles. The Hall–Kier alpha value is -0.510. The third kappa shape index (κ3) is 3.82. The molecule has 1 unspecified atom stereocenters. The summed E-state index contributed by atoms with van der Waals surface area (Å²) in [5.74, 6) is 7.76. The maximum atomic E-state index is 5.89. The van der Waals surface area contributed by atoms with Gasteiger partial charge in [0, 0.05) is 11.0 Å². The Bertz CT molecular complexity index is 439. The lowest BCUT2D eigenvalue weighted by atomic mass is 9.77. The first-order valence-corrected chi connectivity index (χ1v) is 9.60. The highest BCUT2D eigenvalue weighted by Crippen LogP contribution is 2.40. The number of benzene rings is 1. The highest BCUT2D eigenvalue weighted by Gasteiger charge is 2.25. The second-order valence-electron chi connectivity index (χ2n) is 6.57. The maximum absolute atomic E-state index is 5.89. The standard InChI is InChI=1S/C18H28N2S/c19-20-18(13-21-15-9-2-1-3-10-15)17-12-5-4-11-16(17)14-7-6-8-14/h4-5,11-12,14-15,18,20H,1-3,6-10,13,19H2. The summed E-state index contributed by atoms with van der Waals surface area (Å²) in [5, 5.41) is 0.852. The van der Waals surface area contributed by atoms with Gasteiger partial charge in [-0.1, -0.05) is 49.9 Å². The minimum absolute atomic E-state index is 0.300. The lowest BCUT2D eigenvalue weighted by molar-refractivity contribution is 0.413. The molecule has 0 heterocycles. The van der Waals surface area contributed by atoms with Crippen LogP contribution >= 0.6 is 11.8 Å². The molecule has 0 spiro atoms. The molecule has 21 heavy (non-hydrogen) atoms. The zero-order valence-electron chi connectivity index (χ0n) is 12.9. The molecule has 0 radical (unpaired) electrons. The van der Waals surface area contributed by atoms with Gasteiger partial charge in [-0.05, 0) is 42.7 Å². The van der Waals surface area contributed by atoms with E-state index in [0.717, 1.165) is 16.9 Å². The van der Waals surface area contributed by atoms with E-state index in [1.807, 2.05) is 0 Å². The number of hydrazine groups is 1. The predicted molar refractivity (Wildman–Crippen MR) is 92.4 cm³/mol. The van der Waals surface area contributed by atoms with Gasteiger partial charge < -0.3 is 0 Å². The molecule has 0 aromatic heterocycles. The van der Waals surface area contributed by atoms with E-state index in [1.54, 1.807) is 0 Å². The smallest absolute Gasteiger partial charge is 0.0553 e. The summed E-state index contributed by atoms with van der Waals surface area (Å²) in [5.41, 5.74) is 6.06. The highest BCUT2D eigenvalue weighted by atomic mass is 32.2. The fraction of sp³-hybridized carbons (Fsp3) is 0.667. The molecule has 2 fully saturated rings. The zero-order valence-corrected chi connectivity index (χ0v) is 13.7. The molecular formula is C18H28N2S. The van der Waals surface area contributed by atoms with E-state index in [2.05, 4.69) is 41.5 Å². The second kappa shape index (κ2) is 7.66. The fourth-order valence-corrected chi connectivity index (χ4v) is 5.02. The van der Waals surface area contributed by atoms with E-state index in [-0.39, 0.29) is 0 Å². The molecule has 0 saturated heterocycles. The van der Waals surface area contributed by atoms with Crippen LogP contribution in [0.1, 0.15) is 74.5 Å². The molecule has 3 rings (SSSR count). The van der Waals surface area contributed by atoms with Crippen molar-refractivity contribution in [2.75, 3.05) is 5.75 Å². The first-order valence-electron chi connectivity index (χ1n) is 8.55. The third-order valence-electron chi connectivity index (χ3n) is 5.17. The Morgan fingerprint density at radius 1 is 1.05 bits per heavy atom. The molecule has 0 amide bonds. The minimum atomic E-state index is 0.300. The van der Waals surface area contributed by atoms with Crippen molar-refractivity contribution in [2.24, 2.45) is 5.84 Å². The van der Waals surface area contributed by atoms with Crippen LogP contribution in [-0.4, -0.2) is 11.0 Å². The van der Waals surface area contributed by atoms with Crippen molar-refractivity contribution < 1.29 is 0 Å². The van der Waals surface area contributed by atoms with Crippen LogP contribution in [-0.2, 0) is 0 Å². The summed E-state index contributed by atoms with van der Waals surface area (Å²) in [6.45, 7) is 0. The van der Waals surface area contributed by atoms with Gasteiger partial charge in [-0.15, -0.1) is 0 Å². The topological polar surface area (TPSA) is 38.0 Å². The fourth-order valence-electron chi connectivity index (χ4n) is 3.61. The van der Waals surface area contributed by atoms with Crippen molar-refractivity contribution in [2.45, 2.75) is 68.6 Å². The molecule has 1 aromatic rings. The van der Waals surface area contributed by atoms with Gasteiger partial charge in [0.1, 0.15) is 0 Å². The summed E-state index contributed by atoms with van der Waals surface area (Å²) in [7, 11) is 0. The Kier molecular flexibility index (Phi) is 5.61. The number of nitrogens with two attached hydrogens (primary N) is 1. The van der Waals surface area contributed by atoms with Crippen LogP contribution in [0.3, 0.4) is 0 Å². The number of rotatable bonds is 6. The molecular weight excluding hydrogens is 276 g/mol. The van der Waals surface area contributed by atoms with Crippen LogP contribution in [0.5, 0.6) is 0 Å². The molecule has 2 aliphatic rings.